The minimum atomic E-state index is -0.294. The van der Waals surface area contributed by atoms with E-state index in [1.807, 2.05) is 26.8 Å². The van der Waals surface area contributed by atoms with Crippen molar-refractivity contribution in [1.82, 2.24) is 4.90 Å². The summed E-state index contributed by atoms with van der Waals surface area (Å²) < 4.78 is 0. The van der Waals surface area contributed by atoms with Crippen LogP contribution in [0, 0.1) is 0 Å². The smallest absolute Gasteiger partial charge is 0.107 e. The van der Waals surface area contributed by atoms with Crippen LogP contribution < -0.4 is 0 Å². The van der Waals surface area contributed by atoms with Gasteiger partial charge >= 0.3 is 0 Å². The third kappa shape index (κ3) is 7.38. The van der Waals surface area contributed by atoms with E-state index in [2.05, 4.69) is 67.4 Å². The number of benzene rings is 2. The highest BCUT2D eigenvalue weighted by Crippen LogP contribution is 2.12. The monoisotopic (exact) mass is 354 g/mol. The Hall–Kier alpha value is -2.17. The molecule has 0 atom stereocenters. The van der Waals surface area contributed by atoms with Crippen molar-refractivity contribution in [3.8, 4) is 0 Å². The van der Waals surface area contributed by atoms with Crippen LogP contribution in [0.5, 0.6) is 0 Å². The lowest BCUT2D eigenvalue weighted by Gasteiger charge is -2.19. The molecule has 0 aliphatic carbocycles. The molecule has 26 heavy (non-hydrogen) atoms. The van der Waals surface area contributed by atoms with E-state index >= 15 is 0 Å². The first-order valence-corrected chi connectivity index (χ1v) is 8.98. The normalized spacial score (nSPS) is 12.3. The SMILES string of the molecule is CC(=NCc1ccc(COOC(C)(C)C)cc1)N(C)Cc1ccccc1. The number of aliphatic imine (C=N–C) groups is 1. The lowest BCUT2D eigenvalue weighted by molar-refractivity contribution is -0.356. The molecule has 0 aliphatic heterocycles. The Kier molecular flexibility index (Phi) is 7.37. The second kappa shape index (κ2) is 9.51. The van der Waals surface area contributed by atoms with Gasteiger partial charge in [-0.15, -0.1) is 0 Å². The summed E-state index contributed by atoms with van der Waals surface area (Å²) in [6, 6.07) is 18.7. The summed E-state index contributed by atoms with van der Waals surface area (Å²) in [5.74, 6) is 1.03. The zero-order valence-electron chi connectivity index (χ0n) is 16.5. The second-order valence-corrected chi connectivity index (χ2v) is 7.48. The zero-order valence-corrected chi connectivity index (χ0v) is 16.5. The van der Waals surface area contributed by atoms with Gasteiger partial charge in [0.2, 0.25) is 0 Å². The van der Waals surface area contributed by atoms with Gasteiger partial charge in [0.15, 0.2) is 0 Å². The van der Waals surface area contributed by atoms with Crippen molar-refractivity contribution in [3.63, 3.8) is 0 Å². The van der Waals surface area contributed by atoms with Crippen LogP contribution >= 0.6 is 0 Å². The summed E-state index contributed by atoms with van der Waals surface area (Å²) in [5.41, 5.74) is 3.25. The predicted octanol–water partition coefficient (Wildman–Crippen LogP) is 4.98. The van der Waals surface area contributed by atoms with Crippen molar-refractivity contribution < 1.29 is 9.78 Å². The predicted molar refractivity (Wildman–Crippen MR) is 107 cm³/mol. The van der Waals surface area contributed by atoms with E-state index < -0.39 is 0 Å². The minimum absolute atomic E-state index is 0.294. The van der Waals surface area contributed by atoms with E-state index in [4.69, 9.17) is 14.8 Å². The minimum Gasteiger partial charge on any atom is -0.359 e. The van der Waals surface area contributed by atoms with Gasteiger partial charge in [-0.05, 0) is 44.4 Å². The average Bonchev–Trinajstić information content (AvgIpc) is 2.60. The standard InChI is InChI=1S/C22H30N2O2/c1-18(24(5)16-20-9-7-6-8-10-20)23-15-19-11-13-21(14-12-19)17-25-26-22(2,3)4/h6-14H,15-17H2,1-5H3. The molecule has 0 aromatic heterocycles. The van der Waals surface area contributed by atoms with E-state index in [0.29, 0.717) is 13.2 Å². The molecule has 2 rings (SSSR count). The Bertz CT molecular complexity index is 688. The van der Waals surface area contributed by atoms with Gasteiger partial charge in [-0.3, -0.25) is 4.99 Å². The van der Waals surface area contributed by atoms with Crippen LogP contribution in [-0.2, 0) is 29.5 Å². The molecule has 0 N–H and O–H groups in total. The third-order valence-electron chi connectivity index (χ3n) is 3.86. The van der Waals surface area contributed by atoms with Gasteiger partial charge < -0.3 is 4.90 Å². The lowest BCUT2D eigenvalue weighted by Crippen LogP contribution is -2.23. The molecule has 2 aromatic carbocycles. The summed E-state index contributed by atoms with van der Waals surface area (Å²) in [6.07, 6.45) is 0. The number of rotatable bonds is 7. The average molecular weight is 354 g/mol. The molecule has 0 aliphatic rings. The van der Waals surface area contributed by atoms with Crippen LogP contribution in [0.4, 0.5) is 0 Å². The first-order chi connectivity index (χ1) is 12.3. The lowest BCUT2D eigenvalue weighted by atomic mass is 10.1. The molecule has 0 fully saturated rings. The van der Waals surface area contributed by atoms with E-state index in [1.165, 1.54) is 11.1 Å². The number of hydrogen-bond acceptors (Lipinski definition) is 3. The molecule has 0 amide bonds. The van der Waals surface area contributed by atoms with Crippen LogP contribution in [0.2, 0.25) is 0 Å². The molecular weight excluding hydrogens is 324 g/mol. The molecule has 0 saturated heterocycles. The van der Waals surface area contributed by atoms with Crippen LogP contribution in [0.1, 0.15) is 44.4 Å². The highest BCUT2D eigenvalue weighted by Gasteiger charge is 2.11. The Morgan fingerprint density at radius 2 is 1.54 bits per heavy atom. The van der Waals surface area contributed by atoms with E-state index in [0.717, 1.165) is 17.9 Å². The van der Waals surface area contributed by atoms with Crippen molar-refractivity contribution in [2.24, 2.45) is 4.99 Å². The quantitative estimate of drug-likeness (QED) is 0.304. The van der Waals surface area contributed by atoms with Crippen molar-refractivity contribution in [1.29, 1.82) is 0 Å². The Balaban J connectivity index is 1.83. The summed E-state index contributed by atoms with van der Waals surface area (Å²) >= 11 is 0. The molecule has 0 saturated carbocycles. The highest BCUT2D eigenvalue weighted by atomic mass is 17.2. The van der Waals surface area contributed by atoms with Gasteiger partial charge in [-0.1, -0.05) is 54.6 Å². The Morgan fingerprint density at radius 3 is 2.15 bits per heavy atom. The topological polar surface area (TPSA) is 34.1 Å². The Morgan fingerprint density at radius 1 is 0.923 bits per heavy atom. The largest absolute Gasteiger partial charge is 0.359 e. The van der Waals surface area contributed by atoms with Crippen LogP contribution in [-0.4, -0.2) is 23.4 Å². The van der Waals surface area contributed by atoms with Crippen molar-refractivity contribution in [2.75, 3.05) is 7.05 Å². The van der Waals surface area contributed by atoms with Gasteiger partial charge in [0.25, 0.3) is 0 Å². The number of amidine groups is 1. The van der Waals surface area contributed by atoms with Gasteiger partial charge in [0.05, 0.1) is 18.0 Å². The van der Waals surface area contributed by atoms with Crippen molar-refractivity contribution >= 4 is 5.84 Å². The third-order valence-corrected chi connectivity index (χ3v) is 3.86. The Labute approximate surface area is 157 Å². The molecule has 4 nitrogen and oxygen atoms in total. The first kappa shape index (κ1) is 20.1. The number of hydrogen-bond donors (Lipinski definition) is 0. The maximum atomic E-state index is 5.29. The van der Waals surface area contributed by atoms with E-state index in [9.17, 15) is 0 Å². The highest BCUT2D eigenvalue weighted by molar-refractivity contribution is 5.79. The first-order valence-electron chi connectivity index (χ1n) is 8.98. The van der Waals surface area contributed by atoms with E-state index in [-0.39, 0.29) is 5.60 Å². The summed E-state index contributed by atoms with van der Waals surface area (Å²) in [4.78, 5) is 17.4. The summed E-state index contributed by atoms with van der Waals surface area (Å²) in [5, 5.41) is 0. The fraction of sp³-hybridized carbons (Fsp3) is 0.409. The molecule has 0 heterocycles. The fourth-order valence-electron chi connectivity index (χ4n) is 2.31. The molecule has 0 unspecified atom stereocenters. The van der Waals surface area contributed by atoms with Crippen LogP contribution in [0.25, 0.3) is 0 Å². The summed E-state index contributed by atoms with van der Waals surface area (Å²) in [6.45, 7) is 9.92. The zero-order chi connectivity index (χ0) is 19.0. The van der Waals surface area contributed by atoms with Crippen molar-refractivity contribution in [2.45, 2.75) is 53.0 Å². The molecule has 0 spiro atoms. The van der Waals surface area contributed by atoms with Gasteiger partial charge in [-0.25, -0.2) is 9.78 Å². The van der Waals surface area contributed by atoms with Gasteiger partial charge in [0, 0.05) is 13.6 Å². The maximum Gasteiger partial charge on any atom is 0.107 e. The molecule has 2 aromatic rings. The van der Waals surface area contributed by atoms with Gasteiger partial charge in [-0.2, -0.15) is 0 Å². The molecule has 4 heteroatoms. The van der Waals surface area contributed by atoms with Crippen molar-refractivity contribution in [3.05, 3.63) is 71.3 Å². The summed E-state index contributed by atoms with van der Waals surface area (Å²) in [7, 11) is 2.07. The molecular formula is C22H30N2O2. The van der Waals surface area contributed by atoms with E-state index in [1.54, 1.807) is 0 Å². The molecule has 0 radical (unpaired) electrons. The molecule has 0 bridgehead atoms. The van der Waals surface area contributed by atoms with Crippen LogP contribution in [0.15, 0.2) is 59.6 Å². The molecule has 140 valence electrons. The fourth-order valence-corrected chi connectivity index (χ4v) is 2.31. The van der Waals surface area contributed by atoms with Gasteiger partial charge in [0.1, 0.15) is 6.61 Å². The maximum absolute atomic E-state index is 5.29. The number of nitrogens with zero attached hydrogens (tertiary/aromatic N) is 2. The second-order valence-electron chi connectivity index (χ2n) is 7.48. The van der Waals surface area contributed by atoms with Crippen LogP contribution in [0.3, 0.4) is 0 Å².